The third-order valence-electron chi connectivity index (χ3n) is 3.64. The number of hydrogen-bond acceptors (Lipinski definition) is 3. The standard InChI is InChI=1S/C17H28N2O2/c1-5-15(8-9-20)18-14(4)11-17(21)19-16-7-6-12(2)10-13(16)3/h6-7,10,14-15,18,20H,5,8-9,11H2,1-4H3,(H,19,21). The molecule has 0 saturated carbocycles. The average molecular weight is 292 g/mol. The van der Waals surface area contributed by atoms with Gasteiger partial charge in [0, 0.05) is 30.8 Å². The molecule has 1 amide bonds. The molecule has 0 saturated heterocycles. The van der Waals surface area contributed by atoms with Gasteiger partial charge in [-0.15, -0.1) is 0 Å². The molecule has 0 heterocycles. The number of nitrogens with one attached hydrogen (secondary N) is 2. The number of aliphatic hydroxyl groups is 1. The second kappa shape index (κ2) is 8.80. The quantitative estimate of drug-likeness (QED) is 0.690. The van der Waals surface area contributed by atoms with E-state index in [1.54, 1.807) is 0 Å². The van der Waals surface area contributed by atoms with Crippen LogP contribution in [0.1, 0.15) is 44.2 Å². The maximum atomic E-state index is 12.1. The van der Waals surface area contributed by atoms with Crippen LogP contribution < -0.4 is 10.6 Å². The molecule has 1 aromatic carbocycles. The fourth-order valence-corrected chi connectivity index (χ4v) is 2.46. The number of hydrogen-bond donors (Lipinski definition) is 3. The smallest absolute Gasteiger partial charge is 0.225 e. The monoisotopic (exact) mass is 292 g/mol. The number of carbonyl (C=O) groups is 1. The number of aryl methyl sites for hydroxylation is 2. The Morgan fingerprint density at radius 1 is 1.33 bits per heavy atom. The fraction of sp³-hybridized carbons (Fsp3) is 0.588. The number of carbonyl (C=O) groups excluding carboxylic acids is 1. The summed E-state index contributed by atoms with van der Waals surface area (Å²) >= 11 is 0. The molecule has 0 aliphatic rings. The minimum Gasteiger partial charge on any atom is -0.396 e. The first-order valence-electron chi connectivity index (χ1n) is 7.70. The molecule has 0 aliphatic heterocycles. The lowest BCUT2D eigenvalue weighted by Gasteiger charge is -2.21. The van der Waals surface area contributed by atoms with E-state index in [0.717, 1.165) is 24.1 Å². The van der Waals surface area contributed by atoms with E-state index in [0.29, 0.717) is 6.42 Å². The molecule has 21 heavy (non-hydrogen) atoms. The van der Waals surface area contributed by atoms with Gasteiger partial charge in [0.05, 0.1) is 0 Å². The van der Waals surface area contributed by atoms with Gasteiger partial charge in [-0.1, -0.05) is 24.6 Å². The first kappa shape index (κ1) is 17.7. The van der Waals surface area contributed by atoms with Crippen LogP contribution in [0.5, 0.6) is 0 Å². The zero-order valence-corrected chi connectivity index (χ0v) is 13.6. The summed E-state index contributed by atoms with van der Waals surface area (Å²) in [5.41, 5.74) is 3.14. The molecule has 1 rings (SSSR count). The van der Waals surface area contributed by atoms with Gasteiger partial charge in [0.25, 0.3) is 0 Å². The van der Waals surface area contributed by atoms with Crippen molar-refractivity contribution in [3.63, 3.8) is 0 Å². The molecule has 0 fully saturated rings. The van der Waals surface area contributed by atoms with Crippen molar-refractivity contribution in [1.29, 1.82) is 0 Å². The molecule has 1 aromatic rings. The first-order chi connectivity index (χ1) is 9.96. The molecular formula is C17H28N2O2. The molecular weight excluding hydrogens is 264 g/mol. The highest BCUT2D eigenvalue weighted by Crippen LogP contribution is 2.16. The lowest BCUT2D eigenvalue weighted by atomic mass is 10.1. The van der Waals surface area contributed by atoms with Crippen molar-refractivity contribution in [3.05, 3.63) is 29.3 Å². The summed E-state index contributed by atoms with van der Waals surface area (Å²) in [5, 5.41) is 15.3. The van der Waals surface area contributed by atoms with E-state index in [4.69, 9.17) is 5.11 Å². The largest absolute Gasteiger partial charge is 0.396 e. The van der Waals surface area contributed by atoms with E-state index in [2.05, 4.69) is 23.6 Å². The van der Waals surface area contributed by atoms with Crippen LogP contribution in [0.2, 0.25) is 0 Å². The molecule has 118 valence electrons. The van der Waals surface area contributed by atoms with Crippen molar-refractivity contribution in [3.8, 4) is 0 Å². The van der Waals surface area contributed by atoms with Gasteiger partial charge in [-0.25, -0.2) is 0 Å². The van der Waals surface area contributed by atoms with Gasteiger partial charge >= 0.3 is 0 Å². The predicted molar refractivity (Wildman–Crippen MR) is 87.5 cm³/mol. The molecule has 0 bridgehead atoms. The van der Waals surface area contributed by atoms with Gasteiger partial charge in [0.1, 0.15) is 0 Å². The van der Waals surface area contributed by atoms with Crippen LogP contribution in [-0.2, 0) is 4.79 Å². The molecule has 0 aromatic heterocycles. The normalized spacial score (nSPS) is 13.8. The Bertz CT molecular complexity index is 460. The van der Waals surface area contributed by atoms with E-state index in [1.807, 2.05) is 32.9 Å². The maximum absolute atomic E-state index is 12.1. The number of benzene rings is 1. The molecule has 0 aliphatic carbocycles. The van der Waals surface area contributed by atoms with E-state index in [-0.39, 0.29) is 24.6 Å². The molecule has 4 nitrogen and oxygen atoms in total. The number of aliphatic hydroxyl groups excluding tert-OH is 1. The van der Waals surface area contributed by atoms with Crippen molar-refractivity contribution >= 4 is 11.6 Å². The fourth-order valence-electron chi connectivity index (χ4n) is 2.46. The minimum absolute atomic E-state index is 0.0146. The summed E-state index contributed by atoms with van der Waals surface area (Å²) < 4.78 is 0. The minimum atomic E-state index is 0.0146. The van der Waals surface area contributed by atoms with Crippen LogP contribution in [0.15, 0.2) is 18.2 Å². The highest BCUT2D eigenvalue weighted by Gasteiger charge is 2.14. The van der Waals surface area contributed by atoms with Crippen molar-refractivity contribution in [1.82, 2.24) is 5.32 Å². The Labute approximate surface area is 128 Å². The Kier molecular flexibility index (Phi) is 7.40. The van der Waals surface area contributed by atoms with Gasteiger partial charge in [-0.3, -0.25) is 4.79 Å². The van der Waals surface area contributed by atoms with Gasteiger partial charge in [-0.05, 0) is 45.2 Å². The van der Waals surface area contributed by atoms with E-state index >= 15 is 0 Å². The Morgan fingerprint density at radius 2 is 2.05 bits per heavy atom. The van der Waals surface area contributed by atoms with Crippen molar-refractivity contribution in [2.24, 2.45) is 0 Å². The molecule has 2 atom stereocenters. The summed E-state index contributed by atoms with van der Waals surface area (Å²) in [6, 6.07) is 6.36. The van der Waals surface area contributed by atoms with Crippen molar-refractivity contribution in [2.45, 2.75) is 59.0 Å². The second-order valence-electron chi connectivity index (χ2n) is 5.76. The molecule has 0 spiro atoms. The van der Waals surface area contributed by atoms with Crippen LogP contribution >= 0.6 is 0 Å². The topological polar surface area (TPSA) is 61.4 Å². The number of amides is 1. The van der Waals surface area contributed by atoms with Crippen LogP contribution in [0.3, 0.4) is 0 Å². The van der Waals surface area contributed by atoms with Crippen LogP contribution in [0.4, 0.5) is 5.69 Å². The molecule has 4 heteroatoms. The van der Waals surface area contributed by atoms with Gasteiger partial charge in [0.15, 0.2) is 0 Å². The van der Waals surface area contributed by atoms with Crippen LogP contribution in [0.25, 0.3) is 0 Å². The second-order valence-corrected chi connectivity index (χ2v) is 5.76. The lowest BCUT2D eigenvalue weighted by molar-refractivity contribution is -0.116. The lowest BCUT2D eigenvalue weighted by Crippen LogP contribution is -2.38. The Morgan fingerprint density at radius 3 is 2.62 bits per heavy atom. The molecule has 2 unspecified atom stereocenters. The zero-order chi connectivity index (χ0) is 15.8. The van der Waals surface area contributed by atoms with Crippen LogP contribution in [0, 0.1) is 13.8 Å². The van der Waals surface area contributed by atoms with Crippen molar-refractivity contribution in [2.75, 3.05) is 11.9 Å². The highest BCUT2D eigenvalue weighted by molar-refractivity contribution is 5.91. The predicted octanol–water partition coefficient (Wildman–Crippen LogP) is 2.77. The van der Waals surface area contributed by atoms with E-state index in [9.17, 15) is 4.79 Å². The Hall–Kier alpha value is -1.39. The molecule has 3 N–H and O–H groups in total. The van der Waals surface area contributed by atoms with Gasteiger partial charge < -0.3 is 15.7 Å². The first-order valence-corrected chi connectivity index (χ1v) is 7.70. The average Bonchev–Trinajstić information content (AvgIpc) is 2.41. The van der Waals surface area contributed by atoms with Gasteiger partial charge in [-0.2, -0.15) is 0 Å². The zero-order valence-electron chi connectivity index (χ0n) is 13.6. The third kappa shape index (κ3) is 6.27. The number of rotatable bonds is 8. The SMILES string of the molecule is CCC(CCO)NC(C)CC(=O)Nc1ccc(C)cc1C. The van der Waals surface area contributed by atoms with E-state index in [1.165, 1.54) is 5.56 Å². The van der Waals surface area contributed by atoms with Gasteiger partial charge in [0.2, 0.25) is 5.91 Å². The van der Waals surface area contributed by atoms with Crippen LogP contribution in [-0.4, -0.2) is 29.7 Å². The summed E-state index contributed by atoms with van der Waals surface area (Å²) in [6.45, 7) is 8.29. The Balaban J connectivity index is 2.49. The maximum Gasteiger partial charge on any atom is 0.225 e. The summed E-state index contributed by atoms with van der Waals surface area (Å²) in [4.78, 5) is 12.1. The summed E-state index contributed by atoms with van der Waals surface area (Å²) in [6.07, 6.45) is 2.10. The summed E-state index contributed by atoms with van der Waals surface area (Å²) in [7, 11) is 0. The van der Waals surface area contributed by atoms with Crippen molar-refractivity contribution < 1.29 is 9.90 Å². The number of anilines is 1. The molecule has 0 radical (unpaired) electrons. The highest BCUT2D eigenvalue weighted by atomic mass is 16.3. The van der Waals surface area contributed by atoms with E-state index < -0.39 is 0 Å². The third-order valence-corrected chi connectivity index (χ3v) is 3.64. The summed E-state index contributed by atoms with van der Waals surface area (Å²) in [5.74, 6) is 0.0146.